The Morgan fingerprint density at radius 3 is 2.27 bits per heavy atom. The van der Waals surface area contributed by atoms with E-state index in [0.29, 0.717) is 12.5 Å². The van der Waals surface area contributed by atoms with E-state index < -0.39 is 57.5 Å². The topological polar surface area (TPSA) is 197 Å². The van der Waals surface area contributed by atoms with E-state index in [0.717, 1.165) is 35.9 Å². The third-order valence-corrected chi connectivity index (χ3v) is 8.04. The van der Waals surface area contributed by atoms with E-state index in [-0.39, 0.29) is 52.0 Å². The van der Waals surface area contributed by atoms with E-state index in [4.69, 9.17) is 25.8 Å². The maximum atomic E-state index is 12.8. The second kappa shape index (κ2) is 16.6. The highest BCUT2D eigenvalue weighted by molar-refractivity contribution is 6.32. The Morgan fingerprint density at radius 1 is 1.08 bits per heavy atom. The molecule has 2 heterocycles. The molecule has 0 fully saturated rings. The number of carboxylic acids is 1. The highest BCUT2D eigenvalue weighted by atomic mass is 35.5. The molecule has 1 aliphatic rings. The largest absolute Gasteiger partial charge is 0.478 e. The number of esters is 2. The highest BCUT2D eigenvalue weighted by Gasteiger charge is 2.43. The van der Waals surface area contributed by atoms with Gasteiger partial charge in [-0.05, 0) is 69.0 Å². The minimum absolute atomic E-state index is 0.00167. The maximum Gasteiger partial charge on any atom is 0.416 e. The van der Waals surface area contributed by atoms with Gasteiger partial charge in [0.15, 0.2) is 11.9 Å². The number of amides is 1. The number of nitrogens with zero attached hydrogens (tertiary/aromatic N) is 3. The van der Waals surface area contributed by atoms with Crippen LogP contribution in [0.3, 0.4) is 0 Å². The number of carbonyl (C=O) groups is 4. The minimum Gasteiger partial charge on any atom is -0.478 e. The number of nitro groups is 1. The fourth-order valence-corrected chi connectivity index (χ4v) is 4.64. The molecule has 1 aromatic heterocycles. The number of nitrogens with one attached hydrogen (secondary N) is 1. The average Bonchev–Trinajstić information content (AvgIpc) is 3.39. The molecular weight excluding hydrogens is 717 g/mol. The lowest BCUT2D eigenvalue weighted by atomic mass is 9.89. The number of nitro benzene ring substituents is 1. The van der Waals surface area contributed by atoms with Crippen molar-refractivity contribution in [2.24, 2.45) is 10.9 Å². The van der Waals surface area contributed by atoms with Crippen molar-refractivity contribution in [1.29, 1.82) is 0 Å². The molecule has 0 aliphatic carbocycles. The normalized spacial score (nSPS) is 15.8. The third-order valence-electron chi connectivity index (χ3n) is 7.74. The predicted octanol–water partition coefficient (Wildman–Crippen LogP) is 6.80. The smallest absolute Gasteiger partial charge is 0.416 e. The van der Waals surface area contributed by atoms with E-state index in [1.54, 1.807) is 26.1 Å². The number of pyridine rings is 1. The van der Waals surface area contributed by atoms with Crippen molar-refractivity contribution in [3.63, 3.8) is 0 Å². The summed E-state index contributed by atoms with van der Waals surface area (Å²) in [5.74, 6) is -3.44. The predicted molar refractivity (Wildman–Crippen MR) is 180 cm³/mol. The number of ether oxygens (including phenoxy) is 3. The fourth-order valence-electron chi connectivity index (χ4n) is 4.42. The zero-order valence-corrected chi connectivity index (χ0v) is 29.4. The number of benzene rings is 2. The molecule has 3 aromatic rings. The standard InChI is InChI=1S/C19H15ClF3NO7.C15H19N3O3/c1-3-29-17(25)10(2)30-18(26)13-9-12(5-6-15(13)24(27)28)31-16-7-4-11(8-14(16)20)19(21,22)23;1-5-9-6-10(13(19)20)11(16-7-9)12-17-14(21)15(4,18-12)8(2)3/h4-10H,3H2,1-2H3;6-8H,5H2,1-4H3,(H,19,20)(H,17,18,21). The monoisotopic (exact) mass is 750 g/mol. The Hall–Kier alpha value is -5.58. The number of aromatic nitrogens is 1. The van der Waals surface area contributed by atoms with Crippen LogP contribution in [-0.2, 0) is 31.7 Å². The van der Waals surface area contributed by atoms with Crippen LogP contribution in [-0.4, -0.2) is 62.9 Å². The summed E-state index contributed by atoms with van der Waals surface area (Å²) in [5.41, 5.74) is -1.97. The fraction of sp³-hybridized carbons (Fsp3) is 0.353. The minimum atomic E-state index is -4.61. The van der Waals surface area contributed by atoms with Gasteiger partial charge in [-0.15, -0.1) is 0 Å². The van der Waals surface area contributed by atoms with Crippen LogP contribution in [0.2, 0.25) is 5.02 Å². The Bertz CT molecular complexity index is 1920. The lowest BCUT2D eigenvalue weighted by Gasteiger charge is -2.21. The van der Waals surface area contributed by atoms with Crippen LogP contribution in [0.4, 0.5) is 18.9 Å². The molecule has 2 N–H and O–H groups in total. The quantitative estimate of drug-likeness (QED) is 0.119. The van der Waals surface area contributed by atoms with Crippen LogP contribution in [0, 0.1) is 16.0 Å². The number of carboxylic acid groups (broad SMARTS) is 1. The van der Waals surface area contributed by atoms with Crippen molar-refractivity contribution in [3.8, 4) is 11.5 Å². The summed E-state index contributed by atoms with van der Waals surface area (Å²) in [6, 6.07) is 6.95. The highest BCUT2D eigenvalue weighted by Crippen LogP contribution is 2.37. The van der Waals surface area contributed by atoms with E-state index in [9.17, 15) is 47.6 Å². The zero-order chi connectivity index (χ0) is 39.1. The van der Waals surface area contributed by atoms with Crippen molar-refractivity contribution in [3.05, 3.63) is 91.7 Å². The van der Waals surface area contributed by atoms with E-state index in [2.05, 4.69) is 15.3 Å². The Labute approximate surface area is 300 Å². The van der Waals surface area contributed by atoms with Gasteiger partial charge in [-0.2, -0.15) is 13.2 Å². The number of carbonyl (C=O) groups excluding carboxylic acids is 3. The lowest BCUT2D eigenvalue weighted by molar-refractivity contribution is -0.385. The number of aromatic carboxylic acids is 1. The van der Waals surface area contributed by atoms with Gasteiger partial charge in [0.1, 0.15) is 28.3 Å². The molecule has 0 bridgehead atoms. The van der Waals surface area contributed by atoms with Gasteiger partial charge in [-0.1, -0.05) is 32.4 Å². The molecule has 0 radical (unpaired) electrons. The Kier molecular flexibility index (Phi) is 13.1. The van der Waals surface area contributed by atoms with Crippen LogP contribution >= 0.6 is 11.6 Å². The Balaban J connectivity index is 0.000000302. The summed E-state index contributed by atoms with van der Waals surface area (Å²) >= 11 is 5.83. The van der Waals surface area contributed by atoms with Crippen molar-refractivity contribution in [2.45, 2.75) is 65.8 Å². The van der Waals surface area contributed by atoms with Gasteiger partial charge in [0.25, 0.3) is 11.6 Å². The molecule has 1 aliphatic heterocycles. The zero-order valence-electron chi connectivity index (χ0n) is 28.7. The van der Waals surface area contributed by atoms with Gasteiger partial charge in [0, 0.05) is 18.3 Å². The molecule has 14 nitrogen and oxygen atoms in total. The Morgan fingerprint density at radius 2 is 1.75 bits per heavy atom. The molecule has 0 saturated carbocycles. The van der Waals surface area contributed by atoms with Crippen molar-refractivity contribution in [1.82, 2.24) is 10.3 Å². The number of amidine groups is 1. The van der Waals surface area contributed by atoms with Crippen molar-refractivity contribution < 1.29 is 56.6 Å². The van der Waals surface area contributed by atoms with E-state index >= 15 is 0 Å². The molecule has 278 valence electrons. The van der Waals surface area contributed by atoms with Crippen molar-refractivity contribution >= 4 is 46.9 Å². The summed E-state index contributed by atoms with van der Waals surface area (Å²) in [6.45, 7) is 10.3. The van der Waals surface area contributed by atoms with Gasteiger partial charge < -0.3 is 24.6 Å². The number of aryl methyl sites for hydroxylation is 1. The first-order valence-electron chi connectivity index (χ1n) is 15.6. The molecule has 18 heteroatoms. The van der Waals surface area contributed by atoms with Crippen LogP contribution in [0.1, 0.15) is 79.1 Å². The summed E-state index contributed by atoms with van der Waals surface area (Å²) in [5, 5.41) is 22.9. The number of rotatable bonds is 11. The maximum absolute atomic E-state index is 12.8. The van der Waals surface area contributed by atoms with Crippen molar-refractivity contribution in [2.75, 3.05) is 6.61 Å². The summed E-state index contributed by atoms with van der Waals surface area (Å²) < 4.78 is 53.2. The number of halogens is 4. The molecule has 52 heavy (non-hydrogen) atoms. The second-order valence-electron chi connectivity index (χ2n) is 11.6. The first-order valence-corrected chi connectivity index (χ1v) is 16.0. The van der Waals surface area contributed by atoms with Gasteiger partial charge in [-0.25, -0.2) is 19.4 Å². The molecule has 0 saturated heterocycles. The summed E-state index contributed by atoms with van der Waals surface area (Å²) in [7, 11) is 0. The molecule has 2 atom stereocenters. The van der Waals surface area contributed by atoms with Crippen LogP contribution in [0.25, 0.3) is 0 Å². The molecule has 4 rings (SSSR count). The SMILES string of the molecule is CCOC(=O)C(C)OC(=O)c1cc(Oc2ccc(C(F)(F)F)cc2Cl)ccc1[N+](=O)[O-].CCc1cnc(C2=NC(C)(C(C)C)C(=O)N2)c(C(=O)O)c1. The van der Waals surface area contributed by atoms with Gasteiger partial charge in [-0.3, -0.25) is 19.9 Å². The van der Waals surface area contributed by atoms with E-state index in [1.807, 2.05) is 20.8 Å². The number of alkyl halides is 3. The number of hydrogen-bond donors (Lipinski definition) is 2. The molecule has 0 spiro atoms. The molecule has 1 amide bonds. The number of hydrogen-bond acceptors (Lipinski definition) is 11. The van der Waals surface area contributed by atoms with E-state index in [1.165, 1.54) is 6.92 Å². The average molecular weight is 751 g/mol. The molecular formula is C34H34ClF3N4O10. The first-order chi connectivity index (χ1) is 24.2. The van der Waals surface area contributed by atoms with Gasteiger partial charge >= 0.3 is 24.1 Å². The van der Waals surface area contributed by atoms with Crippen LogP contribution < -0.4 is 10.1 Å². The molecule has 2 aromatic carbocycles. The first kappa shape index (κ1) is 40.8. The summed E-state index contributed by atoms with van der Waals surface area (Å²) in [4.78, 5) is 66.5. The number of aliphatic imine (C=N–C) groups is 1. The van der Waals surface area contributed by atoms with Crippen LogP contribution in [0.5, 0.6) is 11.5 Å². The van der Waals surface area contributed by atoms with Gasteiger partial charge in [0.05, 0.1) is 27.7 Å². The lowest BCUT2D eigenvalue weighted by Crippen LogP contribution is -2.41. The van der Waals surface area contributed by atoms with Crippen LogP contribution in [0.15, 0.2) is 53.7 Å². The third kappa shape index (κ3) is 9.60. The molecule has 2 unspecified atom stereocenters. The summed E-state index contributed by atoms with van der Waals surface area (Å²) in [6.07, 6.45) is -3.64. The second-order valence-corrected chi connectivity index (χ2v) is 12.0. The van der Waals surface area contributed by atoms with Gasteiger partial charge in [0.2, 0.25) is 0 Å².